The Balaban J connectivity index is 1.75. The predicted octanol–water partition coefficient (Wildman–Crippen LogP) is 3.62. The quantitative estimate of drug-likeness (QED) is 0.647. The molecule has 0 atom stereocenters. The van der Waals surface area contributed by atoms with E-state index in [1.165, 1.54) is 46.6 Å². The molecule has 6 nitrogen and oxygen atoms in total. The number of benzene rings is 2. The van der Waals surface area contributed by atoms with Crippen LogP contribution in [0, 0.1) is 12.7 Å². The van der Waals surface area contributed by atoms with Gasteiger partial charge < -0.3 is 4.74 Å². The number of ether oxygens (including phenoxy) is 1. The highest BCUT2D eigenvalue weighted by Crippen LogP contribution is 2.40. The average molecular weight is 418 g/mol. The Morgan fingerprint density at radius 2 is 2.04 bits per heavy atom. The third kappa shape index (κ3) is 3.38. The molecule has 0 aliphatic carbocycles. The maximum atomic E-state index is 13.8. The van der Waals surface area contributed by atoms with E-state index in [-0.39, 0.29) is 28.9 Å². The summed E-state index contributed by atoms with van der Waals surface area (Å²) >= 11 is 1.26. The van der Waals surface area contributed by atoms with Crippen molar-refractivity contribution >= 4 is 38.5 Å². The first-order valence-electron chi connectivity index (χ1n) is 8.32. The molecule has 4 rings (SSSR count). The molecule has 28 heavy (non-hydrogen) atoms. The second kappa shape index (κ2) is 6.99. The van der Waals surface area contributed by atoms with Gasteiger partial charge >= 0.3 is 0 Å². The van der Waals surface area contributed by atoms with Crippen LogP contribution in [0.2, 0.25) is 0 Å². The summed E-state index contributed by atoms with van der Waals surface area (Å²) in [6, 6.07) is 8.50. The second-order valence-corrected chi connectivity index (χ2v) is 9.23. The minimum Gasteiger partial charge on any atom is -0.481 e. The van der Waals surface area contributed by atoms with Crippen molar-refractivity contribution in [3.63, 3.8) is 0 Å². The topological polar surface area (TPSA) is 76.6 Å². The Labute approximate surface area is 165 Å². The molecule has 0 saturated heterocycles. The lowest BCUT2D eigenvalue weighted by molar-refractivity contribution is -0.120. The molecule has 2 aromatic carbocycles. The van der Waals surface area contributed by atoms with Gasteiger partial charge in [0.15, 0.2) is 16.4 Å². The van der Waals surface area contributed by atoms with Crippen LogP contribution in [-0.4, -0.2) is 25.9 Å². The summed E-state index contributed by atoms with van der Waals surface area (Å²) in [7, 11) is -3.62. The first-order valence-corrected chi connectivity index (χ1v) is 10.9. The van der Waals surface area contributed by atoms with Gasteiger partial charge in [0.25, 0.3) is 5.91 Å². The minimum atomic E-state index is -3.62. The number of carbonyl (C=O) groups excluding carboxylic acids is 1. The standard InChI is InChI=1S/C19H15FN2O4S2/c1-12-2-3-13(20)8-16(12)22-15-5-4-14(9-17(15)26-10-19(22)23)28(24,25)11-18-21-6-7-27-18/h2-9H,10-11H2,1H3. The van der Waals surface area contributed by atoms with E-state index in [1.54, 1.807) is 24.6 Å². The number of hydrogen-bond acceptors (Lipinski definition) is 6. The van der Waals surface area contributed by atoms with Gasteiger partial charge in [-0.2, -0.15) is 0 Å². The van der Waals surface area contributed by atoms with Crippen LogP contribution in [0.1, 0.15) is 10.6 Å². The summed E-state index contributed by atoms with van der Waals surface area (Å²) < 4.78 is 44.6. The van der Waals surface area contributed by atoms with Gasteiger partial charge in [-0.05, 0) is 36.8 Å². The summed E-state index contributed by atoms with van der Waals surface area (Å²) in [6.45, 7) is 1.50. The number of aryl methyl sites for hydroxylation is 1. The van der Waals surface area contributed by atoms with E-state index in [1.807, 2.05) is 0 Å². The molecular formula is C19H15FN2O4S2. The lowest BCUT2D eigenvalue weighted by Crippen LogP contribution is -2.35. The maximum Gasteiger partial charge on any atom is 0.269 e. The Morgan fingerprint density at radius 1 is 1.21 bits per heavy atom. The first kappa shape index (κ1) is 18.6. The molecule has 0 saturated carbocycles. The molecule has 9 heteroatoms. The molecule has 0 radical (unpaired) electrons. The lowest BCUT2D eigenvalue weighted by atomic mass is 10.1. The van der Waals surface area contributed by atoms with Crippen molar-refractivity contribution in [2.24, 2.45) is 0 Å². The number of nitrogens with zero attached hydrogens (tertiary/aromatic N) is 2. The van der Waals surface area contributed by atoms with Crippen LogP contribution in [0.25, 0.3) is 0 Å². The molecule has 2 heterocycles. The summed E-state index contributed by atoms with van der Waals surface area (Å²) in [5.41, 5.74) is 1.48. The third-order valence-electron chi connectivity index (χ3n) is 4.34. The highest BCUT2D eigenvalue weighted by Gasteiger charge is 2.30. The van der Waals surface area contributed by atoms with Gasteiger partial charge in [0.1, 0.15) is 22.3 Å². The molecule has 144 valence electrons. The average Bonchev–Trinajstić information content (AvgIpc) is 3.16. The van der Waals surface area contributed by atoms with E-state index in [0.717, 1.165) is 0 Å². The number of halogens is 1. The maximum absolute atomic E-state index is 13.8. The molecule has 3 aromatic rings. The monoisotopic (exact) mass is 418 g/mol. The van der Waals surface area contributed by atoms with Gasteiger partial charge in [0, 0.05) is 17.6 Å². The van der Waals surface area contributed by atoms with Crippen LogP contribution >= 0.6 is 11.3 Å². The van der Waals surface area contributed by atoms with Crippen LogP contribution in [0.15, 0.2) is 52.9 Å². The van der Waals surface area contributed by atoms with Crippen LogP contribution in [0.3, 0.4) is 0 Å². The normalized spacial score (nSPS) is 13.9. The van der Waals surface area contributed by atoms with Crippen molar-refractivity contribution in [3.05, 3.63) is 64.4 Å². The molecule has 0 unspecified atom stereocenters. The molecule has 1 aliphatic heterocycles. The Hall–Kier alpha value is -2.78. The zero-order chi connectivity index (χ0) is 19.9. The van der Waals surface area contributed by atoms with E-state index >= 15 is 0 Å². The summed E-state index contributed by atoms with van der Waals surface area (Å²) in [5.74, 6) is -0.790. The van der Waals surface area contributed by atoms with Crippen LogP contribution < -0.4 is 9.64 Å². The van der Waals surface area contributed by atoms with Gasteiger partial charge in [-0.1, -0.05) is 6.07 Å². The number of anilines is 2. The Morgan fingerprint density at radius 3 is 2.79 bits per heavy atom. The Kier molecular flexibility index (Phi) is 4.64. The molecule has 0 fully saturated rings. The van der Waals surface area contributed by atoms with E-state index in [9.17, 15) is 17.6 Å². The third-order valence-corrected chi connectivity index (χ3v) is 6.93. The number of fused-ring (bicyclic) bond motifs is 1. The number of carbonyl (C=O) groups is 1. The van der Waals surface area contributed by atoms with E-state index in [2.05, 4.69) is 4.98 Å². The number of sulfone groups is 1. The fourth-order valence-corrected chi connectivity index (χ4v) is 5.25. The van der Waals surface area contributed by atoms with Crippen LogP contribution in [0.4, 0.5) is 15.8 Å². The molecule has 0 N–H and O–H groups in total. The smallest absolute Gasteiger partial charge is 0.269 e. The summed E-state index contributed by atoms with van der Waals surface area (Å²) in [6.07, 6.45) is 1.55. The molecule has 0 spiro atoms. The number of rotatable bonds is 4. The van der Waals surface area contributed by atoms with Crippen molar-refractivity contribution < 1.29 is 22.3 Å². The van der Waals surface area contributed by atoms with E-state index in [4.69, 9.17) is 4.74 Å². The van der Waals surface area contributed by atoms with Gasteiger partial charge in [0.2, 0.25) is 0 Å². The van der Waals surface area contributed by atoms with Crippen molar-refractivity contribution in [3.8, 4) is 5.75 Å². The zero-order valence-electron chi connectivity index (χ0n) is 14.8. The van der Waals surface area contributed by atoms with Crippen LogP contribution in [0.5, 0.6) is 5.75 Å². The summed E-state index contributed by atoms with van der Waals surface area (Å²) in [4.78, 5) is 17.9. The van der Waals surface area contributed by atoms with Crippen molar-refractivity contribution in [2.45, 2.75) is 17.6 Å². The predicted molar refractivity (Wildman–Crippen MR) is 103 cm³/mol. The SMILES string of the molecule is Cc1ccc(F)cc1N1C(=O)COc2cc(S(=O)(=O)Cc3nccs3)ccc21. The molecule has 1 aliphatic rings. The lowest BCUT2D eigenvalue weighted by Gasteiger charge is -2.30. The molecule has 1 aromatic heterocycles. The molecule has 1 amide bonds. The van der Waals surface area contributed by atoms with Crippen LogP contribution in [-0.2, 0) is 20.4 Å². The molecular weight excluding hydrogens is 403 g/mol. The number of thiazole rings is 1. The number of amides is 1. The highest BCUT2D eigenvalue weighted by molar-refractivity contribution is 7.90. The summed E-state index contributed by atoms with van der Waals surface area (Å²) in [5, 5.41) is 2.21. The minimum absolute atomic E-state index is 0.0757. The second-order valence-electron chi connectivity index (χ2n) is 6.26. The fraction of sp³-hybridized carbons (Fsp3) is 0.158. The van der Waals surface area contributed by atoms with E-state index < -0.39 is 15.7 Å². The largest absolute Gasteiger partial charge is 0.481 e. The van der Waals surface area contributed by atoms with E-state index in [0.29, 0.717) is 21.9 Å². The van der Waals surface area contributed by atoms with Gasteiger partial charge in [-0.15, -0.1) is 11.3 Å². The zero-order valence-corrected chi connectivity index (χ0v) is 16.4. The first-order chi connectivity index (χ1) is 13.3. The molecule has 0 bridgehead atoms. The highest BCUT2D eigenvalue weighted by atomic mass is 32.2. The van der Waals surface area contributed by atoms with Crippen molar-refractivity contribution in [1.82, 2.24) is 4.98 Å². The van der Waals surface area contributed by atoms with Crippen molar-refractivity contribution in [1.29, 1.82) is 0 Å². The Bertz CT molecular complexity index is 1160. The van der Waals surface area contributed by atoms with Gasteiger partial charge in [0.05, 0.1) is 16.3 Å². The van der Waals surface area contributed by atoms with Gasteiger partial charge in [-0.3, -0.25) is 9.69 Å². The number of hydrogen-bond donors (Lipinski definition) is 0. The van der Waals surface area contributed by atoms with Crippen molar-refractivity contribution in [2.75, 3.05) is 11.5 Å². The van der Waals surface area contributed by atoms with Gasteiger partial charge in [-0.25, -0.2) is 17.8 Å². The number of aromatic nitrogens is 1. The fourth-order valence-electron chi connectivity index (χ4n) is 2.98.